The average molecular weight is 548 g/mol. The zero-order chi connectivity index (χ0) is 25.3. The molecular weight excluding hydrogens is 526 g/mol. The third-order valence-corrected chi connectivity index (χ3v) is 8.73. The van der Waals surface area contributed by atoms with Crippen LogP contribution in [0.25, 0.3) is 12.2 Å². The topological polar surface area (TPSA) is 179 Å². The molecule has 0 heterocycles. The molecule has 5 N–H and O–H groups in total. The summed E-state index contributed by atoms with van der Waals surface area (Å²) in [7, 11) is -11.5. The molecule has 0 bridgehead atoms. The number of hydrogen-bond donors (Lipinski definition) is 5. The summed E-state index contributed by atoms with van der Waals surface area (Å²) in [5.41, 5.74) is 0.196. The second kappa shape index (κ2) is 9.59. The lowest BCUT2D eigenvalue weighted by atomic mass is 10.1. The number of anilines is 2. The van der Waals surface area contributed by atoms with Crippen LogP contribution in [0.4, 0.5) is 11.4 Å². The van der Waals surface area contributed by atoms with Crippen LogP contribution in [-0.4, -0.2) is 51.8 Å². The maximum Gasteiger partial charge on any atom is 0.295 e. The highest BCUT2D eigenvalue weighted by molar-refractivity contribution is 7.93. The Balaban J connectivity index is 2.00. The van der Waals surface area contributed by atoms with Crippen LogP contribution in [0.15, 0.2) is 46.2 Å². The predicted octanol–water partition coefficient (Wildman–Crippen LogP) is 2.17. The van der Waals surface area contributed by atoms with E-state index in [4.69, 9.17) is 12.2 Å². The Labute approximate surface area is 202 Å². The lowest BCUT2D eigenvalue weighted by Crippen LogP contribution is -2.24. The number of benzene rings is 2. The van der Waals surface area contributed by atoms with Gasteiger partial charge in [0.2, 0.25) is 10.0 Å². The molecule has 0 radical (unpaired) electrons. The normalized spacial score (nSPS) is 14.7. The number of hydrogen-bond acceptors (Lipinski definition) is 7. The summed E-state index contributed by atoms with van der Waals surface area (Å²) in [6, 6.07) is 7.49. The van der Waals surface area contributed by atoms with Crippen molar-refractivity contribution in [2.75, 3.05) is 17.1 Å². The van der Waals surface area contributed by atoms with E-state index in [9.17, 15) is 34.4 Å². The minimum absolute atomic E-state index is 0.0169. The van der Waals surface area contributed by atoms with Crippen molar-refractivity contribution in [1.82, 2.24) is 5.32 Å². The van der Waals surface area contributed by atoms with Crippen LogP contribution in [0, 0.1) is 0 Å². The second-order valence-electron chi connectivity index (χ2n) is 7.34. The fourth-order valence-corrected chi connectivity index (χ4v) is 5.85. The van der Waals surface area contributed by atoms with E-state index in [1.165, 1.54) is 36.4 Å². The highest BCUT2D eigenvalue weighted by Gasteiger charge is 2.35. The van der Waals surface area contributed by atoms with Crippen molar-refractivity contribution in [3.05, 3.63) is 47.5 Å². The zero-order valence-corrected chi connectivity index (χ0v) is 20.9. The summed E-state index contributed by atoms with van der Waals surface area (Å²) in [5, 5.41) is 5.04. The summed E-state index contributed by atoms with van der Waals surface area (Å²) < 4.78 is 93.4. The Bertz CT molecular complexity index is 1480. The van der Waals surface area contributed by atoms with Crippen molar-refractivity contribution in [2.45, 2.75) is 27.9 Å². The van der Waals surface area contributed by atoms with E-state index in [2.05, 4.69) is 15.4 Å². The summed E-state index contributed by atoms with van der Waals surface area (Å²) in [6.07, 6.45) is 3.44. The van der Waals surface area contributed by atoms with E-state index in [0.717, 1.165) is 12.1 Å². The second-order valence-corrected chi connectivity index (χ2v) is 12.5. The monoisotopic (exact) mass is 547 g/mol. The minimum atomic E-state index is -4.77. The van der Waals surface area contributed by atoms with Gasteiger partial charge in [-0.15, -0.1) is 0 Å². The first-order valence-corrected chi connectivity index (χ1v) is 14.5. The van der Waals surface area contributed by atoms with E-state index < -0.39 is 45.3 Å². The van der Waals surface area contributed by atoms with Crippen LogP contribution in [0.1, 0.15) is 24.0 Å². The van der Waals surface area contributed by atoms with Crippen molar-refractivity contribution in [1.29, 1.82) is 0 Å². The van der Waals surface area contributed by atoms with Crippen LogP contribution >= 0.6 is 12.2 Å². The maximum absolute atomic E-state index is 12.1. The summed E-state index contributed by atoms with van der Waals surface area (Å²) in [6.45, 7) is 0. The standard InChI is InChI=1S/C19H21N3O8S4/c1-20-19(31)21-14-6-4-12(17(10-14)33(25,26)27)2-3-13-5-7-15(11-18(13)34(28,29)30)22-32(23,24)16-8-9-16/h2-7,10-11,16,22H,8-9H2,1H3,(H2,20,21,31)(H,25,26,27)(H,28,29,30)/b3-2+. The van der Waals surface area contributed by atoms with Gasteiger partial charge >= 0.3 is 0 Å². The Morgan fingerprint density at radius 1 is 0.882 bits per heavy atom. The molecule has 0 spiro atoms. The number of thiocarbonyl (C=S) groups is 1. The van der Waals surface area contributed by atoms with Crippen LogP contribution < -0.4 is 15.4 Å². The highest BCUT2D eigenvalue weighted by Crippen LogP contribution is 2.31. The molecule has 0 aliphatic heterocycles. The van der Waals surface area contributed by atoms with Crippen LogP contribution in [0.2, 0.25) is 0 Å². The molecule has 2 aromatic rings. The maximum atomic E-state index is 12.1. The van der Waals surface area contributed by atoms with Gasteiger partial charge in [-0.05, 0) is 60.5 Å². The lowest BCUT2D eigenvalue weighted by molar-refractivity contribution is 0.480. The number of nitrogens with one attached hydrogen (secondary N) is 3. The molecule has 0 saturated heterocycles. The third kappa shape index (κ3) is 6.52. The van der Waals surface area contributed by atoms with Crippen LogP contribution in [-0.2, 0) is 30.3 Å². The van der Waals surface area contributed by atoms with E-state index in [1.54, 1.807) is 7.05 Å². The molecule has 0 amide bonds. The Morgan fingerprint density at radius 3 is 1.79 bits per heavy atom. The summed E-state index contributed by atoms with van der Waals surface area (Å²) >= 11 is 4.96. The van der Waals surface area contributed by atoms with Crippen LogP contribution in [0.5, 0.6) is 0 Å². The van der Waals surface area contributed by atoms with Gasteiger partial charge in [0.25, 0.3) is 20.2 Å². The molecule has 1 aliphatic rings. The van der Waals surface area contributed by atoms with Crippen molar-refractivity contribution in [3.63, 3.8) is 0 Å². The van der Waals surface area contributed by atoms with Gasteiger partial charge in [-0.3, -0.25) is 13.8 Å². The molecule has 1 fully saturated rings. The lowest BCUT2D eigenvalue weighted by Gasteiger charge is -2.11. The zero-order valence-electron chi connectivity index (χ0n) is 17.6. The molecule has 11 nitrogen and oxygen atoms in total. The van der Waals surface area contributed by atoms with Gasteiger partial charge in [0.05, 0.1) is 5.25 Å². The smallest absolute Gasteiger partial charge is 0.295 e. The molecule has 0 atom stereocenters. The van der Waals surface area contributed by atoms with Gasteiger partial charge in [0.1, 0.15) is 9.79 Å². The molecule has 184 valence electrons. The molecule has 2 aromatic carbocycles. The summed E-state index contributed by atoms with van der Waals surface area (Å²) in [4.78, 5) is -1.07. The van der Waals surface area contributed by atoms with E-state index in [-0.39, 0.29) is 27.6 Å². The molecule has 34 heavy (non-hydrogen) atoms. The van der Waals surface area contributed by atoms with Gasteiger partial charge in [-0.25, -0.2) is 8.42 Å². The molecule has 0 aromatic heterocycles. The van der Waals surface area contributed by atoms with E-state index in [1.807, 2.05) is 0 Å². The van der Waals surface area contributed by atoms with E-state index >= 15 is 0 Å². The fraction of sp³-hybridized carbons (Fsp3) is 0.211. The van der Waals surface area contributed by atoms with Crippen molar-refractivity contribution < 1.29 is 34.4 Å². The van der Waals surface area contributed by atoms with Crippen molar-refractivity contribution in [3.8, 4) is 0 Å². The predicted molar refractivity (Wildman–Crippen MR) is 132 cm³/mol. The first-order chi connectivity index (χ1) is 15.7. The van der Waals surface area contributed by atoms with Gasteiger partial charge in [-0.1, -0.05) is 24.3 Å². The third-order valence-electron chi connectivity index (χ3n) is 4.73. The van der Waals surface area contributed by atoms with Crippen molar-refractivity contribution >= 4 is 71.1 Å². The van der Waals surface area contributed by atoms with Gasteiger partial charge in [0.15, 0.2) is 5.11 Å². The quantitative estimate of drug-likeness (QED) is 0.186. The summed E-state index contributed by atoms with van der Waals surface area (Å²) in [5.74, 6) is 0. The van der Waals surface area contributed by atoms with Crippen LogP contribution in [0.3, 0.4) is 0 Å². The van der Waals surface area contributed by atoms with E-state index in [0.29, 0.717) is 12.8 Å². The largest absolute Gasteiger partial charge is 0.366 e. The van der Waals surface area contributed by atoms with Crippen molar-refractivity contribution in [2.24, 2.45) is 0 Å². The Morgan fingerprint density at radius 2 is 1.35 bits per heavy atom. The highest BCUT2D eigenvalue weighted by atomic mass is 32.2. The van der Waals surface area contributed by atoms with Gasteiger partial charge in [-0.2, -0.15) is 16.8 Å². The molecule has 15 heteroatoms. The molecular formula is C19H21N3O8S4. The average Bonchev–Trinajstić information content (AvgIpc) is 3.58. The number of rotatable bonds is 8. The molecule has 3 rings (SSSR count). The molecule has 0 unspecified atom stereocenters. The first-order valence-electron chi connectivity index (χ1n) is 9.62. The molecule has 1 aliphatic carbocycles. The SMILES string of the molecule is CNC(=S)Nc1ccc(/C=C/c2ccc(NS(=O)(=O)C3CC3)cc2S(=O)(=O)O)c(S(=O)(=O)O)c1. The Hall–Kier alpha value is -2.56. The number of sulfonamides is 1. The van der Waals surface area contributed by atoms with Gasteiger partial charge < -0.3 is 10.6 Å². The fourth-order valence-electron chi connectivity index (χ4n) is 2.93. The minimum Gasteiger partial charge on any atom is -0.366 e. The van der Waals surface area contributed by atoms with Gasteiger partial charge in [0, 0.05) is 18.4 Å². The first kappa shape index (κ1) is 26.1. The molecule has 1 saturated carbocycles. The Kier molecular flexibility index (Phi) is 7.35.